The Labute approximate surface area is 128 Å². The molecule has 1 unspecified atom stereocenters. The van der Waals surface area contributed by atoms with Gasteiger partial charge in [-0.25, -0.2) is 0 Å². The number of hydrogen-bond acceptors (Lipinski definition) is 3. The number of aryl methyl sites for hydroxylation is 2. The van der Waals surface area contributed by atoms with E-state index in [0.717, 1.165) is 16.7 Å². The summed E-state index contributed by atoms with van der Waals surface area (Å²) in [6.07, 6.45) is 2.06. The van der Waals surface area contributed by atoms with Crippen LogP contribution >= 0.6 is 15.9 Å². The molecule has 4 nitrogen and oxygen atoms in total. The van der Waals surface area contributed by atoms with Gasteiger partial charge in [-0.05, 0) is 25.6 Å². The third kappa shape index (κ3) is 3.29. The summed E-state index contributed by atoms with van der Waals surface area (Å²) >= 11 is 3.60. The maximum Gasteiger partial charge on any atom is 0.0641 e. The van der Waals surface area contributed by atoms with Crippen molar-refractivity contribution in [3.63, 3.8) is 0 Å². The van der Waals surface area contributed by atoms with E-state index in [9.17, 15) is 0 Å². The fourth-order valence-electron chi connectivity index (χ4n) is 2.49. The van der Waals surface area contributed by atoms with Gasteiger partial charge in [0.05, 0.1) is 11.7 Å². The summed E-state index contributed by atoms with van der Waals surface area (Å²) in [6, 6.07) is 8.45. The second-order valence-corrected chi connectivity index (χ2v) is 5.96. The molecule has 1 heterocycles. The highest BCUT2D eigenvalue weighted by Crippen LogP contribution is 2.25. The molecule has 2 rings (SSSR count). The standard InChI is InChI=1S/C15H21BrN4/c1-11-13(10-20(3)18-11)15(8-17)19(2)9-12-6-4-5-7-14(12)16/h4-7,10,15H,8-9,17H2,1-3H3. The molecule has 2 aromatic rings. The van der Waals surface area contributed by atoms with Crippen LogP contribution in [0.25, 0.3) is 0 Å². The number of rotatable bonds is 5. The van der Waals surface area contributed by atoms with Crippen LogP contribution in [0.3, 0.4) is 0 Å². The van der Waals surface area contributed by atoms with Crippen LogP contribution < -0.4 is 5.73 Å². The molecule has 0 aliphatic carbocycles. The van der Waals surface area contributed by atoms with E-state index in [4.69, 9.17) is 5.73 Å². The van der Waals surface area contributed by atoms with Gasteiger partial charge in [0, 0.05) is 36.4 Å². The smallest absolute Gasteiger partial charge is 0.0641 e. The van der Waals surface area contributed by atoms with Crippen LogP contribution in [0.15, 0.2) is 34.9 Å². The molecule has 0 radical (unpaired) electrons. The lowest BCUT2D eigenvalue weighted by molar-refractivity contribution is 0.240. The van der Waals surface area contributed by atoms with Crippen LogP contribution in [-0.2, 0) is 13.6 Å². The lowest BCUT2D eigenvalue weighted by Gasteiger charge is -2.27. The lowest BCUT2D eigenvalue weighted by Crippen LogP contribution is -2.30. The SMILES string of the molecule is Cc1nn(C)cc1C(CN)N(C)Cc1ccccc1Br. The third-order valence-electron chi connectivity index (χ3n) is 3.54. The van der Waals surface area contributed by atoms with E-state index in [-0.39, 0.29) is 6.04 Å². The molecule has 1 atom stereocenters. The van der Waals surface area contributed by atoms with E-state index in [0.29, 0.717) is 6.54 Å². The Morgan fingerprint density at radius 1 is 1.40 bits per heavy atom. The molecule has 108 valence electrons. The van der Waals surface area contributed by atoms with Crippen molar-refractivity contribution in [2.45, 2.75) is 19.5 Å². The molecule has 0 spiro atoms. The van der Waals surface area contributed by atoms with E-state index >= 15 is 0 Å². The third-order valence-corrected chi connectivity index (χ3v) is 4.32. The minimum atomic E-state index is 0.177. The van der Waals surface area contributed by atoms with Gasteiger partial charge in [-0.15, -0.1) is 0 Å². The van der Waals surface area contributed by atoms with Crippen molar-refractivity contribution < 1.29 is 0 Å². The summed E-state index contributed by atoms with van der Waals surface area (Å²) in [7, 11) is 4.04. The van der Waals surface area contributed by atoms with E-state index in [2.05, 4.69) is 57.4 Å². The second-order valence-electron chi connectivity index (χ2n) is 5.10. The van der Waals surface area contributed by atoms with Crippen molar-refractivity contribution in [3.05, 3.63) is 51.8 Å². The van der Waals surface area contributed by atoms with Crippen molar-refractivity contribution >= 4 is 15.9 Å². The molecule has 1 aromatic heterocycles. The van der Waals surface area contributed by atoms with Crippen LogP contribution in [0, 0.1) is 6.92 Å². The zero-order valence-corrected chi connectivity index (χ0v) is 13.8. The van der Waals surface area contributed by atoms with Gasteiger partial charge in [0.1, 0.15) is 0 Å². The average molecular weight is 337 g/mol. The molecule has 1 aromatic carbocycles. The lowest BCUT2D eigenvalue weighted by atomic mass is 10.1. The monoisotopic (exact) mass is 336 g/mol. The summed E-state index contributed by atoms with van der Waals surface area (Å²) in [5, 5.41) is 4.41. The summed E-state index contributed by atoms with van der Waals surface area (Å²) < 4.78 is 2.98. The number of aromatic nitrogens is 2. The molecule has 0 bridgehead atoms. The van der Waals surface area contributed by atoms with Crippen LogP contribution in [0.1, 0.15) is 22.9 Å². The van der Waals surface area contributed by atoms with Crippen molar-refractivity contribution in [2.75, 3.05) is 13.6 Å². The highest BCUT2D eigenvalue weighted by Gasteiger charge is 2.20. The Bertz CT molecular complexity index is 579. The summed E-state index contributed by atoms with van der Waals surface area (Å²) in [5.41, 5.74) is 9.49. The van der Waals surface area contributed by atoms with Crippen molar-refractivity contribution in [1.82, 2.24) is 14.7 Å². The van der Waals surface area contributed by atoms with Gasteiger partial charge in [0.25, 0.3) is 0 Å². The molecule has 0 aliphatic rings. The number of halogens is 1. The zero-order chi connectivity index (χ0) is 14.7. The molecule has 2 N–H and O–H groups in total. The number of nitrogens with zero attached hydrogens (tertiary/aromatic N) is 3. The van der Waals surface area contributed by atoms with Crippen LogP contribution in [0.4, 0.5) is 0 Å². The highest BCUT2D eigenvalue weighted by atomic mass is 79.9. The van der Waals surface area contributed by atoms with E-state index in [1.165, 1.54) is 11.1 Å². The summed E-state index contributed by atoms with van der Waals surface area (Å²) in [6.45, 7) is 3.45. The Morgan fingerprint density at radius 2 is 2.10 bits per heavy atom. The molecule has 20 heavy (non-hydrogen) atoms. The fraction of sp³-hybridized carbons (Fsp3) is 0.400. The zero-order valence-electron chi connectivity index (χ0n) is 12.2. The Hall–Kier alpha value is -1.17. The molecule has 0 aliphatic heterocycles. The van der Waals surface area contributed by atoms with Gasteiger partial charge in [0.15, 0.2) is 0 Å². The fourth-order valence-corrected chi connectivity index (χ4v) is 2.91. The Kier molecular flexibility index (Phi) is 4.96. The Morgan fingerprint density at radius 3 is 2.65 bits per heavy atom. The second kappa shape index (κ2) is 6.52. The number of likely N-dealkylation sites (N-methyl/N-ethyl adjacent to an activating group) is 1. The first kappa shape index (κ1) is 15.2. The quantitative estimate of drug-likeness (QED) is 0.912. The topological polar surface area (TPSA) is 47.1 Å². The molecule has 0 amide bonds. The van der Waals surface area contributed by atoms with Gasteiger partial charge >= 0.3 is 0 Å². The number of hydrogen-bond donors (Lipinski definition) is 1. The summed E-state index contributed by atoms with van der Waals surface area (Å²) in [4.78, 5) is 2.27. The maximum absolute atomic E-state index is 5.99. The first-order valence-corrected chi connectivity index (χ1v) is 7.46. The molecule has 0 fully saturated rings. The maximum atomic E-state index is 5.99. The van der Waals surface area contributed by atoms with Gasteiger partial charge in [0.2, 0.25) is 0 Å². The van der Waals surface area contributed by atoms with Gasteiger partial charge in [-0.3, -0.25) is 9.58 Å². The van der Waals surface area contributed by atoms with Gasteiger partial charge < -0.3 is 5.73 Å². The van der Waals surface area contributed by atoms with Gasteiger partial charge in [-0.1, -0.05) is 34.1 Å². The predicted molar refractivity (Wildman–Crippen MR) is 85.3 cm³/mol. The molecule has 5 heteroatoms. The van der Waals surface area contributed by atoms with Crippen molar-refractivity contribution in [1.29, 1.82) is 0 Å². The first-order valence-electron chi connectivity index (χ1n) is 6.66. The molecular weight excluding hydrogens is 316 g/mol. The molecule has 0 saturated heterocycles. The normalized spacial score (nSPS) is 12.9. The number of nitrogens with two attached hydrogens (primary N) is 1. The Balaban J connectivity index is 2.20. The highest BCUT2D eigenvalue weighted by molar-refractivity contribution is 9.10. The summed E-state index contributed by atoms with van der Waals surface area (Å²) in [5.74, 6) is 0. The molecular formula is C15H21BrN4. The largest absolute Gasteiger partial charge is 0.329 e. The van der Waals surface area contributed by atoms with Gasteiger partial charge in [-0.2, -0.15) is 5.10 Å². The first-order chi connectivity index (χ1) is 9.52. The van der Waals surface area contributed by atoms with E-state index in [1.54, 1.807) is 0 Å². The van der Waals surface area contributed by atoms with E-state index < -0.39 is 0 Å². The van der Waals surface area contributed by atoms with Crippen LogP contribution in [-0.4, -0.2) is 28.3 Å². The predicted octanol–water partition coefficient (Wildman–Crippen LogP) is 2.62. The van der Waals surface area contributed by atoms with Crippen molar-refractivity contribution in [3.8, 4) is 0 Å². The molecule has 0 saturated carbocycles. The minimum absolute atomic E-state index is 0.177. The number of benzene rings is 1. The van der Waals surface area contributed by atoms with E-state index in [1.807, 2.05) is 24.7 Å². The van der Waals surface area contributed by atoms with Crippen LogP contribution in [0.2, 0.25) is 0 Å². The van der Waals surface area contributed by atoms with Crippen LogP contribution in [0.5, 0.6) is 0 Å². The minimum Gasteiger partial charge on any atom is -0.329 e. The average Bonchev–Trinajstić information content (AvgIpc) is 2.72. The van der Waals surface area contributed by atoms with Crippen molar-refractivity contribution in [2.24, 2.45) is 12.8 Å².